The van der Waals surface area contributed by atoms with Gasteiger partial charge >= 0.3 is 5.97 Å². The van der Waals surface area contributed by atoms with Crippen molar-refractivity contribution in [2.45, 2.75) is 23.4 Å². The fourth-order valence-electron chi connectivity index (χ4n) is 1.60. The summed E-state index contributed by atoms with van der Waals surface area (Å²) in [5.41, 5.74) is 6.78. The molecule has 0 spiro atoms. The van der Waals surface area contributed by atoms with Gasteiger partial charge in [0.1, 0.15) is 0 Å². The van der Waals surface area contributed by atoms with Gasteiger partial charge in [0, 0.05) is 17.0 Å². The Morgan fingerprint density at radius 1 is 1.45 bits per heavy atom. The Morgan fingerprint density at radius 2 is 2.20 bits per heavy atom. The van der Waals surface area contributed by atoms with Crippen LogP contribution in [0.1, 0.15) is 23.1 Å². The van der Waals surface area contributed by atoms with E-state index < -0.39 is 5.97 Å². The number of nitrogens with two attached hydrogens (primary N) is 2. The van der Waals surface area contributed by atoms with Crippen molar-refractivity contribution in [2.24, 2.45) is 0 Å². The maximum absolute atomic E-state index is 11.4. The van der Waals surface area contributed by atoms with E-state index in [0.29, 0.717) is 28.7 Å². The number of hydrogen-bond donors (Lipinski definition) is 2. The highest BCUT2D eigenvalue weighted by Crippen LogP contribution is 2.31. The monoisotopic (exact) mass is 293 g/mol. The van der Waals surface area contributed by atoms with Crippen LogP contribution >= 0.6 is 11.8 Å². The lowest BCUT2D eigenvalue weighted by molar-refractivity contribution is 0.0600. The van der Waals surface area contributed by atoms with Gasteiger partial charge in [-0.15, -0.1) is 10.2 Å². The van der Waals surface area contributed by atoms with Crippen LogP contribution < -0.4 is 11.6 Å². The van der Waals surface area contributed by atoms with Crippen molar-refractivity contribution >= 4 is 23.4 Å². The predicted molar refractivity (Wildman–Crippen MR) is 75.9 cm³/mol. The number of methoxy groups -OCH3 is 1. The van der Waals surface area contributed by atoms with Crippen LogP contribution in [0.3, 0.4) is 0 Å². The summed E-state index contributed by atoms with van der Waals surface area (Å²) < 4.78 is 6.07. The molecule has 2 aromatic rings. The summed E-state index contributed by atoms with van der Waals surface area (Å²) in [6, 6.07) is 4.93. The fourth-order valence-corrected chi connectivity index (χ4v) is 2.40. The molecule has 1 aromatic carbocycles. The Hall–Kier alpha value is -2.22. The standard InChI is InChI=1S/C12H15N5O2S/c1-3-10-15-16-12(17(10)14)20-9-5-4-7(6-8(9)13)11(18)19-2/h4-6H,3,13-14H2,1-2H3. The SMILES string of the molecule is CCc1nnc(Sc2ccc(C(=O)OC)cc2N)n1N. The number of carbonyl (C=O) groups excluding carboxylic acids is 1. The summed E-state index contributed by atoms with van der Waals surface area (Å²) in [5, 5.41) is 8.51. The molecule has 0 aliphatic heterocycles. The molecule has 8 heteroatoms. The number of carbonyl (C=O) groups is 1. The third kappa shape index (κ3) is 2.69. The molecule has 0 aliphatic rings. The summed E-state index contributed by atoms with van der Waals surface area (Å²) in [6.45, 7) is 1.95. The molecule has 20 heavy (non-hydrogen) atoms. The Kier molecular flexibility index (Phi) is 4.14. The molecule has 4 N–H and O–H groups in total. The van der Waals surface area contributed by atoms with Crippen LogP contribution in [0.15, 0.2) is 28.3 Å². The average molecular weight is 293 g/mol. The van der Waals surface area contributed by atoms with Crippen molar-refractivity contribution in [2.75, 3.05) is 18.7 Å². The summed E-state index contributed by atoms with van der Waals surface area (Å²) in [6.07, 6.45) is 0.695. The maximum atomic E-state index is 11.4. The lowest BCUT2D eigenvalue weighted by Gasteiger charge is -2.07. The number of ether oxygens (including phenoxy) is 1. The van der Waals surface area contributed by atoms with E-state index in [4.69, 9.17) is 11.6 Å². The van der Waals surface area contributed by atoms with Crippen LogP contribution in [0.25, 0.3) is 0 Å². The van der Waals surface area contributed by atoms with Crippen LogP contribution in [-0.4, -0.2) is 28.0 Å². The van der Waals surface area contributed by atoms with Crippen LogP contribution in [-0.2, 0) is 11.2 Å². The van der Waals surface area contributed by atoms with Gasteiger partial charge in [-0.3, -0.25) is 0 Å². The number of aromatic nitrogens is 3. The average Bonchev–Trinajstić information content (AvgIpc) is 2.80. The normalized spacial score (nSPS) is 10.5. The highest BCUT2D eigenvalue weighted by molar-refractivity contribution is 7.99. The predicted octanol–water partition coefficient (Wildman–Crippen LogP) is 1.07. The number of anilines is 1. The molecule has 0 saturated heterocycles. The number of rotatable bonds is 4. The third-order valence-electron chi connectivity index (χ3n) is 2.68. The minimum absolute atomic E-state index is 0.401. The molecular weight excluding hydrogens is 278 g/mol. The molecule has 7 nitrogen and oxygen atoms in total. The van der Waals surface area contributed by atoms with Crippen molar-refractivity contribution in [1.29, 1.82) is 0 Å². The Bertz CT molecular complexity index is 641. The first-order valence-electron chi connectivity index (χ1n) is 5.91. The van der Waals surface area contributed by atoms with Gasteiger partial charge in [-0.1, -0.05) is 6.92 Å². The molecular formula is C12H15N5O2S. The van der Waals surface area contributed by atoms with Gasteiger partial charge < -0.3 is 16.3 Å². The van der Waals surface area contributed by atoms with Gasteiger partial charge in [-0.2, -0.15) is 0 Å². The number of nitrogen functional groups attached to an aromatic ring is 2. The molecule has 0 fully saturated rings. The summed E-state index contributed by atoms with van der Waals surface area (Å²) in [5.74, 6) is 6.13. The zero-order valence-corrected chi connectivity index (χ0v) is 12.0. The van der Waals surface area contributed by atoms with E-state index in [1.54, 1.807) is 18.2 Å². The summed E-state index contributed by atoms with van der Waals surface area (Å²) in [7, 11) is 1.32. The van der Waals surface area contributed by atoms with Gasteiger partial charge in [0.2, 0.25) is 5.16 Å². The van der Waals surface area contributed by atoms with Gasteiger partial charge in [-0.05, 0) is 30.0 Å². The number of esters is 1. The summed E-state index contributed by atoms with van der Waals surface area (Å²) in [4.78, 5) is 12.1. The van der Waals surface area contributed by atoms with Crippen LogP contribution in [0.5, 0.6) is 0 Å². The molecule has 0 unspecified atom stereocenters. The molecule has 1 heterocycles. The van der Waals surface area contributed by atoms with E-state index in [1.165, 1.54) is 23.5 Å². The molecule has 0 amide bonds. The number of hydrogen-bond acceptors (Lipinski definition) is 7. The first-order chi connectivity index (χ1) is 9.56. The first-order valence-corrected chi connectivity index (χ1v) is 6.73. The first kappa shape index (κ1) is 14.2. The van der Waals surface area contributed by atoms with Gasteiger partial charge in [0.25, 0.3) is 0 Å². The zero-order valence-electron chi connectivity index (χ0n) is 11.2. The Morgan fingerprint density at radius 3 is 2.75 bits per heavy atom. The molecule has 0 aliphatic carbocycles. The van der Waals surface area contributed by atoms with Crippen LogP contribution in [0.2, 0.25) is 0 Å². The maximum Gasteiger partial charge on any atom is 0.337 e. The number of benzene rings is 1. The van der Waals surface area contributed by atoms with Crippen molar-refractivity contribution < 1.29 is 9.53 Å². The largest absolute Gasteiger partial charge is 0.465 e. The zero-order chi connectivity index (χ0) is 14.7. The molecule has 0 atom stereocenters. The lowest BCUT2D eigenvalue weighted by Crippen LogP contribution is -2.13. The Balaban J connectivity index is 2.25. The van der Waals surface area contributed by atoms with Crippen molar-refractivity contribution in [3.8, 4) is 0 Å². The second kappa shape index (κ2) is 5.83. The summed E-state index contributed by atoms with van der Waals surface area (Å²) >= 11 is 1.29. The quantitative estimate of drug-likeness (QED) is 0.493. The van der Waals surface area contributed by atoms with E-state index in [2.05, 4.69) is 14.9 Å². The third-order valence-corrected chi connectivity index (χ3v) is 3.74. The van der Waals surface area contributed by atoms with Crippen LogP contribution in [0.4, 0.5) is 5.69 Å². The molecule has 2 rings (SSSR count). The van der Waals surface area contributed by atoms with Crippen LogP contribution in [0, 0.1) is 0 Å². The number of aryl methyl sites for hydroxylation is 1. The van der Waals surface area contributed by atoms with Gasteiger partial charge in [0.15, 0.2) is 5.82 Å². The van der Waals surface area contributed by atoms with E-state index in [-0.39, 0.29) is 0 Å². The highest BCUT2D eigenvalue weighted by atomic mass is 32.2. The Labute approximate surface area is 120 Å². The minimum Gasteiger partial charge on any atom is -0.465 e. The molecule has 106 valence electrons. The van der Waals surface area contributed by atoms with E-state index in [0.717, 1.165) is 4.90 Å². The van der Waals surface area contributed by atoms with Crippen molar-refractivity contribution in [3.63, 3.8) is 0 Å². The topological polar surface area (TPSA) is 109 Å². The van der Waals surface area contributed by atoms with E-state index in [9.17, 15) is 4.79 Å². The van der Waals surface area contributed by atoms with Crippen molar-refractivity contribution in [1.82, 2.24) is 14.9 Å². The second-order valence-corrected chi connectivity index (χ2v) is 4.98. The molecule has 1 aromatic heterocycles. The second-order valence-electron chi connectivity index (χ2n) is 3.97. The molecule has 0 bridgehead atoms. The smallest absolute Gasteiger partial charge is 0.337 e. The minimum atomic E-state index is -0.427. The highest BCUT2D eigenvalue weighted by Gasteiger charge is 2.13. The molecule has 0 saturated carbocycles. The van der Waals surface area contributed by atoms with Gasteiger partial charge in [0.05, 0.1) is 12.7 Å². The van der Waals surface area contributed by atoms with E-state index in [1.807, 2.05) is 6.92 Å². The lowest BCUT2D eigenvalue weighted by atomic mass is 10.2. The fraction of sp³-hybridized carbons (Fsp3) is 0.250. The molecule has 0 radical (unpaired) electrons. The van der Waals surface area contributed by atoms with Crippen molar-refractivity contribution in [3.05, 3.63) is 29.6 Å². The van der Waals surface area contributed by atoms with E-state index >= 15 is 0 Å². The van der Waals surface area contributed by atoms with Gasteiger partial charge in [-0.25, -0.2) is 9.47 Å². The number of nitrogens with zero attached hydrogens (tertiary/aromatic N) is 3.